The summed E-state index contributed by atoms with van der Waals surface area (Å²) in [4.78, 5) is 0. The van der Waals surface area contributed by atoms with Crippen molar-refractivity contribution in [1.82, 2.24) is 0 Å². The van der Waals surface area contributed by atoms with Gasteiger partial charge < -0.3 is 0 Å². The predicted octanol–water partition coefficient (Wildman–Crippen LogP) is 1.99. The Balaban J connectivity index is 2.79. The highest BCUT2D eigenvalue weighted by Crippen LogP contribution is 2.22. The van der Waals surface area contributed by atoms with Crippen LogP contribution < -0.4 is 5.53 Å². The molecule has 0 bridgehead atoms. The molecule has 0 aliphatic rings. The Bertz CT molecular complexity index is 461. The van der Waals surface area contributed by atoms with Crippen LogP contribution in [0, 0.1) is 6.92 Å². The van der Waals surface area contributed by atoms with Crippen LogP contribution in [0.15, 0.2) is 41.5 Å². The Morgan fingerprint density at radius 2 is 2.00 bits per heavy atom. The first-order valence-corrected chi connectivity index (χ1v) is 4.21. The molecule has 0 unspecified atom stereocenters. The molecule has 0 amide bonds. The van der Waals surface area contributed by atoms with E-state index in [1.54, 1.807) is 0 Å². The van der Waals surface area contributed by atoms with Crippen LogP contribution in [0.5, 0.6) is 0 Å². The minimum absolute atomic E-state index is 0.818. The summed E-state index contributed by atoms with van der Waals surface area (Å²) in [7, 11) is 0. The van der Waals surface area contributed by atoms with Gasteiger partial charge in [-0.3, -0.25) is 0 Å². The van der Waals surface area contributed by atoms with Crippen LogP contribution >= 0.6 is 0 Å². The Morgan fingerprint density at radius 3 is 2.77 bits per heavy atom. The highest BCUT2D eigenvalue weighted by molar-refractivity contribution is 5.87. The molecule has 0 fully saturated rings. The number of nitrogens with zero attached hydrogens (tertiary/aromatic N) is 1. The van der Waals surface area contributed by atoms with Gasteiger partial charge in [0.1, 0.15) is 5.69 Å². The van der Waals surface area contributed by atoms with Gasteiger partial charge in [0.05, 0.1) is 0 Å². The van der Waals surface area contributed by atoms with Gasteiger partial charge in [0.2, 0.25) is 0 Å². The van der Waals surface area contributed by atoms with Crippen molar-refractivity contribution in [3.8, 4) is 0 Å². The molecule has 0 aromatic heterocycles. The van der Waals surface area contributed by atoms with Crippen LogP contribution in [0.3, 0.4) is 0 Å². The smallest absolute Gasteiger partial charge is 0.130 e. The van der Waals surface area contributed by atoms with Crippen LogP contribution in [-0.4, -0.2) is 0 Å². The summed E-state index contributed by atoms with van der Waals surface area (Å²) in [5.41, 5.74) is 7.30. The van der Waals surface area contributed by atoms with E-state index in [9.17, 15) is 0 Å². The zero-order valence-electron chi connectivity index (χ0n) is 7.49. The Hall–Kier alpha value is -1.70. The highest BCUT2D eigenvalue weighted by Gasteiger charge is 1.98. The van der Waals surface area contributed by atoms with Gasteiger partial charge in [-0.25, -0.2) is 0 Å². The average Bonchev–Trinajstić information content (AvgIpc) is 2.18. The van der Waals surface area contributed by atoms with E-state index in [0.717, 1.165) is 5.69 Å². The number of benzene rings is 2. The van der Waals surface area contributed by atoms with Crippen molar-refractivity contribution in [2.45, 2.75) is 6.92 Å². The molecule has 2 rings (SSSR count). The Morgan fingerprint density at radius 1 is 1.15 bits per heavy atom. The van der Waals surface area contributed by atoms with E-state index in [4.69, 9.17) is 5.53 Å². The van der Waals surface area contributed by atoms with Gasteiger partial charge in [0.15, 0.2) is 0 Å². The third kappa shape index (κ3) is 1.31. The van der Waals surface area contributed by atoms with Crippen LogP contribution in [0.1, 0.15) is 5.56 Å². The Labute approximate surface area is 76.7 Å². The lowest BCUT2D eigenvalue weighted by atomic mass is 10.1. The normalized spacial score (nSPS) is 10.2. The van der Waals surface area contributed by atoms with E-state index in [1.165, 1.54) is 16.3 Å². The standard InChI is InChI=1S/C11H10N2/c1-8-3-2-4-9-7-10(13-12)5-6-11(8)9/h2-7,12H,1H3/p+1. The van der Waals surface area contributed by atoms with Crippen molar-refractivity contribution in [1.29, 1.82) is 0 Å². The molecule has 64 valence electrons. The topological polar surface area (TPSA) is 38.0 Å². The lowest BCUT2D eigenvalue weighted by Gasteiger charge is -2.00. The molecule has 0 saturated carbocycles. The number of hydrogen-bond acceptors (Lipinski definition) is 1. The van der Waals surface area contributed by atoms with Crippen molar-refractivity contribution in [2.24, 2.45) is 5.11 Å². The van der Waals surface area contributed by atoms with Crippen LogP contribution in [0.2, 0.25) is 0 Å². The molecule has 0 saturated heterocycles. The molecule has 2 heteroatoms. The van der Waals surface area contributed by atoms with E-state index >= 15 is 0 Å². The largest absolute Gasteiger partial charge is 0.152 e. The lowest BCUT2D eigenvalue weighted by molar-refractivity contribution is -0.210. The Kier molecular flexibility index (Phi) is 1.81. The molecule has 0 radical (unpaired) electrons. The minimum Gasteiger partial charge on any atom is -0.152 e. The molecular formula is C11H11N2+. The first-order valence-electron chi connectivity index (χ1n) is 4.21. The zero-order chi connectivity index (χ0) is 9.26. The van der Waals surface area contributed by atoms with E-state index in [1.807, 2.05) is 18.2 Å². The fraction of sp³-hybridized carbons (Fsp3) is 0.0909. The number of aryl methyl sites for hydroxylation is 1. The lowest BCUT2D eigenvalue weighted by Crippen LogP contribution is -2.21. The molecule has 0 atom stereocenters. The second-order valence-electron chi connectivity index (χ2n) is 3.11. The van der Waals surface area contributed by atoms with Crippen molar-refractivity contribution in [3.05, 3.63) is 42.0 Å². The van der Waals surface area contributed by atoms with Gasteiger partial charge in [0, 0.05) is 0 Å². The molecular weight excluding hydrogens is 160 g/mol. The van der Waals surface area contributed by atoms with Gasteiger partial charge in [-0.2, -0.15) is 5.53 Å². The third-order valence-electron chi connectivity index (χ3n) is 2.23. The summed E-state index contributed by atoms with van der Waals surface area (Å²) in [5, 5.41) is 6.10. The first-order chi connectivity index (χ1) is 6.31. The molecule has 2 aromatic carbocycles. The number of rotatable bonds is 1. The van der Waals surface area contributed by atoms with Crippen molar-refractivity contribution in [3.63, 3.8) is 0 Å². The zero-order valence-corrected chi connectivity index (χ0v) is 7.49. The first kappa shape index (κ1) is 7.92. The van der Waals surface area contributed by atoms with Crippen molar-refractivity contribution < 1.29 is 5.53 Å². The van der Waals surface area contributed by atoms with E-state index in [0.29, 0.717) is 0 Å². The molecule has 2 nitrogen and oxygen atoms in total. The number of hydrogen-bond donors (Lipinski definition) is 1. The van der Waals surface area contributed by atoms with E-state index in [-0.39, 0.29) is 0 Å². The summed E-state index contributed by atoms with van der Waals surface area (Å²) in [6, 6.07) is 12.2. The molecule has 2 aromatic rings. The molecule has 13 heavy (non-hydrogen) atoms. The van der Waals surface area contributed by atoms with E-state index < -0.39 is 0 Å². The maximum atomic E-state index is 5.20. The molecule has 2 N–H and O–H groups in total. The maximum Gasteiger partial charge on any atom is 0.130 e. The molecule has 0 spiro atoms. The van der Waals surface area contributed by atoms with Crippen LogP contribution in [0.4, 0.5) is 5.69 Å². The SMILES string of the molecule is Cc1cccc2cc(N=[NH2+])ccc12. The summed E-state index contributed by atoms with van der Waals surface area (Å²) in [6.07, 6.45) is 0. The predicted molar refractivity (Wildman–Crippen MR) is 52.7 cm³/mol. The number of fused-ring (bicyclic) bond motifs is 1. The van der Waals surface area contributed by atoms with E-state index in [2.05, 4.69) is 30.2 Å². The van der Waals surface area contributed by atoms with Crippen LogP contribution in [0.25, 0.3) is 10.8 Å². The van der Waals surface area contributed by atoms with Gasteiger partial charge in [-0.1, -0.05) is 24.3 Å². The van der Waals surface area contributed by atoms with Crippen LogP contribution in [-0.2, 0) is 0 Å². The molecule has 0 heterocycles. The summed E-state index contributed by atoms with van der Waals surface area (Å²) in [5.74, 6) is 0. The number of nitrogens with two attached hydrogens (primary N) is 1. The third-order valence-corrected chi connectivity index (χ3v) is 2.23. The highest BCUT2D eigenvalue weighted by atomic mass is 15.0. The quantitative estimate of drug-likeness (QED) is 0.637. The summed E-state index contributed by atoms with van der Waals surface area (Å²) < 4.78 is 0. The summed E-state index contributed by atoms with van der Waals surface area (Å²) >= 11 is 0. The summed E-state index contributed by atoms with van der Waals surface area (Å²) in [6.45, 7) is 2.10. The van der Waals surface area contributed by atoms with Gasteiger partial charge in [-0.15, -0.1) is 0 Å². The minimum atomic E-state index is 0.818. The van der Waals surface area contributed by atoms with Gasteiger partial charge >= 0.3 is 0 Å². The average molecular weight is 171 g/mol. The molecule has 0 aliphatic heterocycles. The van der Waals surface area contributed by atoms with Gasteiger partial charge in [0.25, 0.3) is 0 Å². The monoisotopic (exact) mass is 171 g/mol. The van der Waals surface area contributed by atoms with Crippen molar-refractivity contribution in [2.75, 3.05) is 0 Å². The fourth-order valence-electron chi connectivity index (χ4n) is 1.51. The second kappa shape index (κ2) is 2.98. The van der Waals surface area contributed by atoms with Gasteiger partial charge in [-0.05, 0) is 40.5 Å². The maximum absolute atomic E-state index is 5.20. The molecule has 0 aliphatic carbocycles. The fourth-order valence-corrected chi connectivity index (χ4v) is 1.51. The second-order valence-corrected chi connectivity index (χ2v) is 3.11. The van der Waals surface area contributed by atoms with Crippen molar-refractivity contribution >= 4 is 16.5 Å².